The maximum Gasteiger partial charge on any atom is 0.277 e. The molecule has 0 aliphatic rings. The van der Waals surface area contributed by atoms with Gasteiger partial charge in [0.15, 0.2) is 6.61 Å². The zero-order valence-electron chi connectivity index (χ0n) is 14.0. The van der Waals surface area contributed by atoms with Crippen molar-refractivity contribution in [2.24, 2.45) is 5.10 Å². The zero-order chi connectivity index (χ0) is 18.0. The molecule has 0 aliphatic carbocycles. The topological polar surface area (TPSA) is 63.8 Å². The molecular weight excluding hydrogens is 328 g/mol. The summed E-state index contributed by atoms with van der Waals surface area (Å²) in [5, 5.41) is 6.01. The van der Waals surface area contributed by atoms with Gasteiger partial charge in [0.2, 0.25) is 0 Å². The second kappa shape index (κ2) is 9.03. The van der Waals surface area contributed by atoms with Crippen LogP contribution in [0.25, 0.3) is 16.8 Å². The summed E-state index contributed by atoms with van der Waals surface area (Å²) in [6, 6.07) is 17.3. The Hall–Kier alpha value is -3.60. The van der Waals surface area contributed by atoms with E-state index in [0.717, 1.165) is 16.5 Å². The van der Waals surface area contributed by atoms with Gasteiger partial charge in [-0.3, -0.25) is 4.79 Å². The molecule has 0 radical (unpaired) electrons. The van der Waals surface area contributed by atoms with Crippen LogP contribution in [0.4, 0.5) is 0 Å². The Labute approximate surface area is 151 Å². The third-order valence-electron chi connectivity index (χ3n) is 3.47. The number of ether oxygens (including phenoxy) is 1. The number of allylic oxidation sites excluding steroid dienone is 3. The average Bonchev–Trinajstić information content (AvgIpc) is 3.19. The van der Waals surface area contributed by atoms with Crippen LogP contribution in [0.5, 0.6) is 5.75 Å². The predicted octanol–water partition coefficient (Wildman–Crippen LogP) is 4.18. The highest BCUT2D eigenvalue weighted by atomic mass is 16.5. The lowest BCUT2D eigenvalue weighted by Crippen LogP contribution is -2.24. The van der Waals surface area contributed by atoms with Crippen molar-refractivity contribution in [2.45, 2.75) is 0 Å². The Bertz CT molecular complexity index is 941. The number of benzene rings is 2. The number of rotatable bonds is 7. The summed E-state index contributed by atoms with van der Waals surface area (Å²) >= 11 is 0. The standard InChI is InChI=1S/C21H18N2O3/c24-21(23-22-13-5-1-2-9-19-10-6-14-25-19)16-26-20-12-11-17-7-3-4-8-18(17)15-20/h1-15H,16H2,(H,23,24). The third kappa shape index (κ3) is 5.21. The van der Waals surface area contributed by atoms with Gasteiger partial charge in [0.05, 0.1) is 6.26 Å². The quantitative estimate of drug-likeness (QED) is 0.396. The lowest BCUT2D eigenvalue weighted by atomic mass is 10.1. The number of carbonyl (C=O) groups excluding carboxylic acids is 1. The number of carbonyl (C=O) groups is 1. The molecule has 0 saturated carbocycles. The summed E-state index contributed by atoms with van der Waals surface area (Å²) in [5.41, 5.74) is 2.41. The second-order valence-corrected chi connectivity index (χ2v) is 5.37. The van der Waals surface area contributed by atoms with Gasteiger partial charge in [-0.05, 0) is 47.2 Å². The highest BCUT2D eigenvalue weighted by molar-refractivity contribution is 5.84. The summed E-state index contributed by atoms with van der Waals surface area (Å²) in [6.45, 7) is -0.0994. The van der Waals surface area contributed by atoms with Gasteiger partial charge in [0.1, 0.15) is 11.5 Å². The van der Waals surface area contributed by atoms with Crippen molar-refractivity contribution in [1.29, 1.82) is 0 Å². The first-order valence-electron chi connectivity index (χ1n) is 8.11. The molecule has 0 atom stereocenters. The van der Waals surface area contributed by atoms with Crippen LogP contribution in [0.2, 0.25) is 0 Å². The van der Waals surface area contributed by atoms with Gasteiger partial charge in [-0.25, -0.2) is 5.43 Å². The van der Waals surface area contributed by atoms with Crippen LogP contribution >= 0.6 is 0 Å². The molecule has 0 aliphatic heterocycles. The van der Waals surface area contributed by atoms with E-state index in [1.54, 1.807) is 18.4 Å². The molecule has 0 bridgehead atoms. The van der Waals surface area contributed by atoms with Crippen molar-refractivity contribution >= 4 is 29.0 Å². The van der Waals surface area contributed by atoms with Gasteiger partial charge in [0.25, 0.3) is 5.91 Å². The Morgan fingerprint density at radius 2 is 1.92 bits per heavy atom. The van der Waals surface area contributed by atoms with Gasteiger partial charge in [-0.1, -0.05) is 42.5 Å². The molecule has 130 valence electrons. The summed E-state index contributed by atoms with van der Waals surface area (Å²) in [5.74, 6) is 1.09. The maximum absolute atomic E-state index is 11.7. The van der Waals surface area contributed by atoms with Crippen molar-refractivity contribution in [3.8, 4) is 5.75 Å². The minimum absolute atomic E-state index is 0.0994. The average molecular weight is 346 g/mol. The van der Waals surface area contributed by atoms with E-state index in [1.165, 1.54) is 6.21 Å². The molecule has 1 N–H and O–H groups in total. The van der Waals surface area contributed by atoms with E-state index in [4.69, 9.17) is 9.15 Å². The fraction of sp³-hybridized carbons (Fsp3) is 0.0476. The molecule has 0 fully saturated rings. The van der Waals surface area contributed by atoms with E-state index in [2.05, 4.69) is 10.5 Å². The van der Waals surface area contributed by atoms with Gasteiger partial charge in [0, 0.05) is 6.21 Å². The molecule has 3 aromatic rings. The highest BCUT2D eigenvalue weighted by Crippen LogP contribution is 2.20. The van der Waals surface area contributed by atoms with Gasteiger partial charge >= 0.3 is 0 Å². The van der Waals surface area contributed by atoms with E-state index in [0.29, 0.717) is 5.75 Å². The van der Waals surface area contributed by atoms with Crippen LogP contribution < -0.4 is 10.2 Å². The third-order valence-corrected chi connectivity index (χ3v) is 3.47. The molecule has 1 aromatic heterocycles. The zero-order valence-corrected chi connectivity index (χ0v) is 14.0. The van der Waals surface area contributed by atoms with E-state index in [-0.39, 0.29) is 12.5 Å². The van der Waals surface area contributed by atoms with Crippen LogP contribution in [-0.2, 0) is 4.79 Å². The first-order chi connectivity index (χ1) is 12.8. The molecule has 26 heavy (non-hydrogen) atoms. The number of fused-ring (bicyclic) bond motifs is 1. The number of nitrogens with zero attached hydrogens (tertiary/aromatic N) is 1. The summed E-state index contributed by atoms with van der Waals surface area (Å²) in [7, 11) is 0. The van der Waals surface area contributed by atoms with Crippen LogP contribution in [0, 0.1) is 0 Å². The van der Waals surface area contributed by atoms with Crippen LogP contribution in [-0.4, -0.2) is 18.7 Å². The Kier molecular flexibility index (Phi) is 5.99. The molecule has 0 unspecified atom stereocenters. The smallest absolute Gasteiger partial charge is 0.277 e. The van der Waals surface area contributed by atoms with E-state index in [9.17, 15) is 4.79 Å². The number of hydrogen-bond donors (Lipinski definition) is 1. The molecule has 0 saturated heterocycles. The minimum Gasteiger partial charge on any atom is -0.484 e. The lowest BCUT2D eigenvalue weighted by Gasteiger charge is -2.06. The first-order valence-corrected chi connectivity index (χ1v) is 8.11. The van der Waals surface area contributed by atoms with Crippen molar-refractivity contribution in [3.63, 3.8) is 0 Å². The SMILES string of the molecule is O=C(COc1ccc2ccccc2c1)NN=CC=CC=Cc1ccco1. The lowest BCUT2D eigenvalue weighted by molar-refractivity contribution is -0.123. The van der Waals surface area contributed by atoms with E-state index >= 15 is 0 Å². The largest absolute Gasteiger partial charge is 0.484 e. The molecule has 1 heterocycles. The number of nitrogens with one attached hydrogen (secondary N) is 1. The highest BCUT2D eigenvalue weighted by Gasteiger charge is 2.02. The Balaban J connectivity index is 1.40. The van der Waals surface area contributed by atoms with Crippen LogP contribution in [0.1, 0.15) is 5.76 Å². The second-order valence-electron chi connectivity index (χ2n) is 5.37. The summed E-state index contributed by atoms with van der Waals surface area (Å²) in [6.07, 6.45) is 10.2. The molecule has 5 nitrogen and oxygen atoms in total. The summed E-state index contributed by atoms with van der Waals surface area (Å²) in [4.78, 5) is 11.7. The van der Waals surface area contributed by atoms with E-state index < -0.39 is 0 Å². The monoisotopic (exact) mass is 346 g/mol. The number of hydrogen-bond acceptors (Lipinski definition) is 4. The maximum atomic E-state index is 11.7. The Morgan fingerprint density at radius 1 is 1.04 bits per heavy atom. The number of amides is 1. The van der Waals surface area contributed by atoms with Gasteiger partial charge < -0.3 is 9.15 Å². The Morgan fingerprint density at radius 3 is 2.77 bits per heavy atom. The van der Waals surface area contributed by atoms with Crippen molar-refractivity contribution in [3.05, 3.63) is 84.8 Å². The van der Waals surface area contributed by atoms with Gasteiger partial charge in [-0.15, -0.1) is 0 Å². The molecule has 1 amide bonds. The van der Waals surface area contributed by atoms with Crippen molar-refractivity contribution in [1.82, 2.24) is 5.43 Å². The van der Waals surface area contributed by atoms with Crippen molar-refractivity contribution < 1.29 is 13.9 Å². The number of hydrazone groups is 1. The summed E-state index contributed by atoms with van der Waals surface area (Å²) < 4.78 is 10.6. The molecular formula is C21H18N2O3. The number of furan rings is 1. The van der Waals surface area contributed by atoms with E-state index in [1.807, 2.05) is 66.7 Å². The fourth-order valence-electron chi connectivity index (χ4n) is 2.24. The van der Waals surface area contributed by atoms with Crippen molar-refractivity contribution in [2.75, 3.05) is 6.61 Å². The van der Waals surface area contributed by atoms with Crippen LogP contribution in [0.3, 0.4) is 0 Å². The molecule has 3 rings (SSSR count). The normalized spacial score (nSPS) is 11.7. The first kappa shape index (κ1) is 17.2. The molecule has 0 spiro atoms. The van der Waals surface area contributed by atoms with Crippen LogP contribution in [0.15, 0.2) is 88.6 Å². The molecule has 5 heteroatoms. The molecule has 2 aromatic carbocycles. The predicted molar refractivity (Wildman–Crippen MR) is 103 cm³/mol. The van der Waals surface area contributed by atoms with Gasteiger partial charge in [-0.2, -0.15) is 5.10 Å². The fourth-order valence-corrected chi connectivity index (χ4v) is 2.24. The minimum atomic E-state index is -0.325.